The molecule has 1 unspecified atom stereocenters. The molecule has 0 aliphatic carbocycles. The van der Waals surface area contributed by atoms with Crippen LogP contribution in [0.4, 0.5) is 0 Å². The van der Waals surface area contributed by atoms with Crippen molar-refractivity contribution < 1.29 is 5.11 Å². The highest BCUT2D eigenvalue weighted by Gasteiger charge is 2.33. The summed E-state index contributed by atoms with van der Waals surface area (Å²) in [5, 5.41) is 9.79. The molecule has 0 amide bonds. The smallest absolute Gasteiger partial charge is 0.118 e. The van der Waals surface area contributed by atoms with Gasteiger partial charge < -0.3 is 10.0 Å². The van der Waals surface area contributed by atoms with Crippen LogP contribution >= 0.6 is 12.4 Å². The van der Waals surface area contributed by atoms with E-state index in [0.717, 1.165) is 17.9 Å². The molecular formula is C14H20ClNO. The Labute approximate surface area is 109 Å². The van der Waals surface area contributed by atoms with E-state index in [0.29, 0.717) is 11.8 Å². The minimum Gasteiger partial charge on any atom is -0.508 e. The van der Waals surface area contributed by atoms with Crippen molar-refractivity contribution in [2.24, 2.45) is 5.92 Å². The van der Waals surface area contributed by atoms with E-state index in [1.54, 1.807) is 6.07 Å². The fraction of sp³-hybridized carbons (Fsp3) is 0.571. The highest BCUT2D eigenvalue weighted by Crippen LogP contribution is 2.34. The molecule has 1 aromatic carbocycles. The minimum absolute atomic E-state index is 0. The molecule has 2 nitrogen and oxygen atoms in total. The summed E-state index contributed by atoms with van der Waals surface area (Å²) < 4.78 is 0. The number of aromatic hydroxyl groups is 1. The van der Waals surface area contributed by atoms with Crippen LogP contribution in [0.2, 0.25) is 0 Å². The summed E-state index contributed by atoms with van der Waals surface area (Å²) in [4.78, 5) is 2.60. The third kappa shape index (κ3) is 2.58. The Morgan fingerprint density at radius 1 is 1.18 bits per heavy atom. The van der Waals surface area contributed by atoms with Crippen LogP contribution in [0.1, 0.15) is 24.8 Å². The van der Waals surface area contributed by atoms with Crippen LogP contribution in [0.15, 0.2) is 24.3 Å². The molecule has 1 aromatic rings. The quantitative estimate of drug-likeness (QED) is 0.876. The van der Waals surface area contributed by atoms with Crippen LogP contribution in [0.3, 0.4) is 0 Å². The molecule has 3 heteroatoms. The van der Waals surface area contributed by atoms with Crippen molar-refractivity contribution in [2.75, 3.05) is 13.1 Å². The standard InChI is InChI=1S/C14H19NO.ClH/c16-14-4-2-1-3-12(14)10-13-9-11-5-7-15(13)8-6-11;/h1-4,11,13,16H,5-10H2;1H. The number of fused-ring (bicyclic) bond motifs is 3. The molecule has 3 aliphatic heterocycles. The van der Waals surface area contributed by atoms with Gasteiger partial charge in [-0.1, -0.05) is 18.2 Å². The second kappa shape index (κ2) is 5.28. The zero-order chi connectivity index (χ0) is 11.0. The second-order valence-electron chi connectivity index (χ2n) is 5.20. The van der Waals surface area contributed by atoms with E-state index in [4.69, 9.17) is 0 Å². The lowest BCUT2D eigenvalue weighted by molar-refractivity contribution is 0.0496. The molecular weight excluding hydrogens is 234 g/mol. The first-order chi connectivity index (χ1) is 7.83. The van der Waals surface area contributed by atoms with Crippen molar-refractivity contribution in [3.8, 4) is 5.75 Å². The number of para-hydroxylation sites is 1. The zero-order valence-electron chi connectivity index (χ0n) is 10.0. The molecule has 1 N–H and O–H groups in total. The topological polar surface area (TPSA) is 23.5 Å². The van der Waals surface area contributed by atoms with E-state index in [1.807, 2.05) is 12.1 Å². The molecule has 17 heavy (non-hydrogen) atoms. The first-order valence-corrected chi connectivity index (χ1v) is 6.34. The molecule has 3 aliphatic rings. The first kappa shape index (κ1) is 12.7. The maximum Gasteiger partial charge on any atom is 0.118 e. The van der Waals surface area contributed by atoms with E-state index >= 15 is 0 Å². The molecule has 0 aromatic heterocycles. The van der Waals surface area contributed by atoms with Crippen molar-refractivity contribution in [3.05, 3.63) is 29.8 Å². The van der Waals surface area contributed by atoms with Crippen LogP contribution in [0.5, 0.6) is 5.75 Å². The lowest BCUT2D eigenvalue weighted by Crippen LogP contribution is -2.49. The van der Waals surface area contributed by atoms with E-state index in [9.17, 15) is 5.11 Å². The van der Waals surface area contributed by atoms with E-state index in [-0.39, 0.29) is 12.4 Å². The van der Waals surface area contributed by atoms with Gasteiger partial charge in [-0.2, -0.15) is 0 Å². The highest BCUT2D eigenvalue weighted by molar-refractivity contribution is 5.85. The van der Waals surface area contributed by atoms with Gasteiger partial charge in [-0.15, -0.1) is 12.4 Å². The van der Waals surface area contributed by atoms with Gasteiger partial charge in [0, 0.05) is 6.04 Å². The predicted molar refractivity (Wildman–Crippen MR) is 71.8 cm³/mol. The number of hydrogen-bond donors (Lipinski definition) is 1. The van der Waals surface area contributed by atoms with Crippen molar-refractivity contribution >= 4 is 12.4 Å². The lowest BCUT2D eigenvalue weighted by atomic mass is 9.81. The summed E-state index contributed by atoms with van der Waals surface area (Å²) in [6.07, 6.45) is 5.12. The third-order valence-corrected chi connectivity index (χ3v) is 4.22. The van der Waals surface area contributed by atoms with Crippen molar-refractivity contribution in [1.29, 1.82) is 0 Å². The predicted octanol–water partition coefficient (Wildman–Crippen LogP) is 2.84. The molecule has 0 spiro atoms. The van der Waals surface area contributed by atoms with Gasteiger partial charge >= 0.3 is 0 Å². The number of benzene rings is 1. The summed E-state index contributed by atoms with van der Waals surface area (Å²) in [5.41, 5.74) is 1.11. The number of rotatable bonds is 2. The van der Waals surface area contributed by atoms with Crippen molar-refractivity contribution in [3.63, 3.8) is 0 Å². The van der Waals surface area contributed by atoms with Crippen molar-refractivity contribution in [1.82, 2.24) is 4.90 Å². The SMILES string of the molecule is Cl.Oc1ccccc1CC1CC2CCN1CC2. The number of phenolic OH excluding ortho intramolecular Hbond substituents is 1. The number of nitrogens with zero attached hydrogens (tertiary/aromatic N) is 1. The zero-order valence-corrected chi connectivity index (χ0v) is 10.8. The summed E-state index contributed by atoms with van der Waals surface area (Å²) in [6, 6.07) is 8.43. The van der Waals surface area contributed by atoms with Gasteiger partial charge in [-0.3, -0.25) is 0 Å². The van der Waals surface area contributed by atoms with Crippen LogP contribution in [-0.4, -0.2) is 29.1 Å². The van der Waals surface area contributed by atoms with Crippen LogP contribution in [0.25, 0.3) is 0 Å². The fourth-order valence-corrected chi connectivity index (χ4v) is 3.24. The lowest BCUT2D eigenvalue weighted by Gasteiger charge is -2.45. The average molecular weight is 254 g/mol. The van der Waals surface area contributed by atoms with Gasteiger partial charge in [0.05, 0.1) is 0 Å². The summed E-state index contributed by atoms with van der Waals surface area (Å²) in [6.45, 7) is 2.53. The van der Waals surface area contributed by atoms with E-state index < -0.39 is 0 Å². The molecule has 3 saturated heterocycles. The first-order valence-electron chi connectivity index (χ1n) is 6.34. The van der Waals surface area contributed by atoms with Crippen molar-refractivity contribution in [2.45, 2.75) is 31.7 Å². The number of phenols is 1. The maximum absolute atomic E-state index is 9.79. The van der Waals surface area contributed by atoms with Crippen LogP contribution < -0.4 is 0 Å². The average Bonchev–Trinajstić information content (AvgIpc) is 2.34. The van der Waals surface area contributed by atoms with Gasteiger partial charge in [0.25, 0.3) is 0 Å². The normalized spacial score (nSPS) is 30.9. The van der Waals surface area contributed by atoms with Gasteiger partial charge in [0.2, 0.25) is 0 Å². The van der Waals surface area contributed by atoms with Gasteiger partial charge in [0.15, 0.2) is 0 Å². The molecule has 0 radical (unpaired) electrons. The molecule has 94 valence electrons. The Balaban J connectivity index is 0.00000108. The minimum atomic E-state index is 0. The molecule has 3 fully saturated rings. The summed E-state index contributed by atoms with van der Waals surface area (Å²) in [5.74, 6) is 1.41. The largest absolute Gasteiger partial charge is 0.508 e. The Morgan fingerprint density at radius 2 is 1.88 bits per heavy atom. The Kier molecular flexibility index (Phi) is 3.95. The number of hydrogen-bond acceptors (Lipinski definition) is 2. The molecule has 4 rings (SSSR count). The van der Waals surface area contributed by atoms with Gasteiger partial charge in [0.1, 0.15) is 5.75 Å². The summed E-state index contributed by atoms with van der Waals surface area (Å²) >= 11 is 0. The molecule has 2 bridgehead atoms. The van der Waals surface area contributed by atoms with Gasteiger partial charge in [-0.05, 0) is 56.3 Å². The third-order valence-electron chi connectivity index (χ3n) is 4.22. The fourth-order valence-electron chi connectivity index (χ4n) is 3.24. The second-order valence-corrected chi connectivity index (χ2v) is 5.20. The number of halogens is 1. The Morgan fingerprint density at radius 3 is 2.47 bits per heavy atom. The van der Waals surface area contributed by atoms with E-state index in [2.05, 4.69) is 11.0 Å². The van der Waals surface area contributed by atoms with E-state index in [1.165, 1.54) is 32.4 Å². The van der Waals surface area contributed by atoms with Gasteiger partial charge in [-0.25, -0.2) is 0 Å². The molecule has 1 atom stereocenters. The Hall–Kier alpha value is -0.730. The Bertz CT molecular complexity index is 374. The summed E-state index contributed by atoms with van der Waals surface area (Å²) in [7, 11) is 0. The number of piperidine rings is 3. The van der Waals surface area contributed by atoms with Crippen LogP contribution in [0, 0.1) is 5.92 Å². The molecule has 0 saturated carbocycles. The molecule has 3 heterocycles. The van der Waals surface area contributed by atoms with Crippen LogP contribution in [-0.2, 0) is 6.42 Å². The monoisotopic (exact) mass is 253 g/mol. The maximum atomic E-state index is 9.79. The highest BCUT2D eigenvalue weighted by atomic mass is 35.5.